The van der Waals surface area contributed by atoms with Crippen LogP contribution < -0.4 is 5.32 Å². The molecule has 1 N–H and O–H groups in total. The Balaban J connectivity index is 2.54. The van der Waals surface area contributed by atoms with Gasteiger partial charge in [0.05, 0.1) is 0 Å². The van der Waals surface area contributed by atoms with E-state index in [0.717, 1.165) is 38.8 Å². The van der Waals surface area contributed by atoms with Gasteiger partial charge in [-0.25, -0.2) is 0 Å². The number of hydrogen-bond acceptors (Lipinski definition) is 4. The molecule has 5 nitrogen and oxygen atoms in total. The zero-order chi connectivity index (χ0) is 15.0. The van der Waals surface area contributed by atoms with Crippen molar-refractivity contribution in [1.82, 2.24) is 15.1 Å². The summed E-state index contributed by atoms with van der Waals surface area (Å²) >= 11 is 0. The molecule has 0 aliphatic carbocycles. The molecule has 20 heavy (non-hydrogen) atoms. The smallest absolute Gasteiger partial charge is 0.263 e. The monoisotopic (exact) mass is 278 g/mol. The SMILES string of the molecule is CCCCNC(=O)/C(C#N)=C\N(C)C1CCN(C)CC1. The zero-order valence-electron chi connectivity index (χ0n) is 12.9. The summed E-state index contributed by atoms with van der Waals surface area (Å²) < 4.78 is 0. The Hall–Kier alpha value is -1.54. The molecule has 112 valence electrons. The van der Waals surface area contributed by atoms with Crippen LogP contribution in [0.5, 0.6) is 0 Å². The lowest BCUT2D eigenvalue weighted by Gasteiger charge is -2.34. The molecule has 1 saturated heterocycles. The fraction of sp³-hybridized carbons (Fsp3) is 0.733. The lowest BCUT2D eigenvalue weighted by atomic mass is 10.0. The number of carbonyl (C=O) groups is 1. The summed E-state index contributed by atoms with van der Waals surface area (Å²) in [5.74, 6) is -0.263. The summed E-state index contributed by atoms with van der Waals surface area (Å²) in [6.07, 6.45) is 5.80. The topological polar surface area (TPSA) is 59.4 Å². The van der Waals surface area contributed by atoms with Crippen molar-refractivity contribution in [2.24, 2.45) is 0 Å². The Morgan fingerprint density at radius 2 is 2.15 bits per heavy atom. The minimum absolute atomic E-state index is 0.197. The fourth-order valence-corrected chi connectivity index (χ4v) is 2.32. The van der Waals surface area contributed by atoms with Gasteiger partial charge in [-0.1, -0.05) is 13.3 Å². The van der Waals surface area contributed by atoms with Gasteiger partial charge in [0.1, 0.15) is 11.6 Å². The number of nitriles is 1. The second-order valence-electron chi connectivity index (χ2n) is 5.46. The van der Waals surface area contributed by atoms with E-state index in [4.69, 9.17) is 5.26 Å². The number of carbonyl (C=O) groups excluding carboxylic acids is 1. The van der Waals surface area contributed by atoms with Gasteiger partial charge in [-0.3, -0.25) is 4.79 Å². The minimum Gasteiger partial charge on any atom is -0.376 e. The first-order chi connectivity index (χ1) is 9.58. The Bertz CT molecular complexity index is 378. The molecule has 0 atom stereocenters. The molecule has 1 aliphatic rings. The molecule has 0 spiro atoms. The van der Waals surface area contributed by atoms with Crippen molar-refractivity contribution in [2.45, 2.75) is 38.6 Å². The largest absolute Gasteiger partial charge is 0.376 e. The van der Waals surface area contributed by atoms with Crippen LogP contribution in [0.25, 0.3) is 0 Å². The van der Waals surface area contributed by atoms with Crippen molar-refractivity contribution < 1.29 is 4.79 Å². The van der Waals surface area contributed by atoms with Crippen molar-refractivity contribution in [3.05, 3.63) is 11.8 Å². The Labute approximate surface area is 122 Å². The highest BCUT2D eigenvalue weighted by molar-refractivity contribution is 5.97. The number of piperidine rings is 1. The molecule has 1 aliphatic heterocycles. The first-order valence-electron chi connectivity index (χ1n) is 7.39. The average Bonchev–Trinajstić information content (AvgIpc) is 2.45. The van der Waals surface area contributed by atoms with Crippen LogP contribution in [-0.4, -0.2) is 55.5 Å². The van der Waals surface area contributed by atoms with E-state index in [2.05, 4.69) is 24.2 Å². The average molecular weight is 278 g/mol. The number of rotatable bonds is 6. The van der Waals surface area contributed by atoms with Crippen LogP contribution in [0, 0.1) is 11.3 Å². The van der Waals surface area contributed by atoms with E-state index in [0.29, 0.717) is 12.6 Å². The Morgan fingerprint density at radius 1 is 1.50 bits per heavy atom. The van der Waals surface area contributed by atoms with Crippen LogP contribution in [0.4, 0.5) is 0 Å². The van der Waals surface area contributed by atoms with Crippen molar-refractivity contribution in [3.8, 4) is 6.07 Å². The van der Waals surface area contributed by atoms with Crippen molar-refractivity contribution >= 4 is 5.91 Å². The second kappa shape index (κ2) is 8.60. The molecule has 0 bridgehead atoms. The van der Waals surface area contributed by atoms with E-state index in [9.17, 15) is 4.79 Å². The quantitative estimate of drug-likeness (QED) is 0.452. The molecule has 5 heteroatoms. The van der Waals surface area contributed by atoms with Crippen LogP contribution in [0.1, 0.15) is 32.6 Å². The predicted molar refractivity (Wildman–Crippen MR) is 79.9 cm³/mol. The van der Waals surface area contributed by atoms with Gasteiger partial charge in [0, 0.05) is 25.8 Å². The number of nitrogens with one attached hydrogen (secondary N) is 1. The lowest BCUT2D eigenvalue weighted by molar-refractivity contribution is -0.117. The van der Waals surface area contributed by atoms with Crippen LogP contribution in [0.3, 0.4) is 0 Å². The third-order valence-corrected chi connectivity index (χ3v) is 3.78. The molecule has 0 saturated carbocycles. The molecule has 1 rings (SSSR count). The molecule has 0 aromatic rings. The molecule has 0 aromatic carbocycles. The van der Waals surface area contributed by atoms with Gasteiger partial charge in [0.2, 0.25) is 0 Å². The highest BCUT2D eigenvalue weighted by Gasteiger charge is 2.20. The van der Waals surface area contributed by atoms with Gasteiger partial charge < -0.3 is 15.1 Å². The van der Waals surface area contributed by atoms with E-state index < -0.39 is 0 Å². The maximum atomic E-state index is 11.9. The summed E-state index contributed by atoms with van der Waals surface area (Å²) in [6, 6.07) is 2.42. The van der Waals surface area contributed by atoms with Gasteiger partial charge in [0.15, 0.2) is 0 Å². The minimum atomic E-state index is -0.263. The first-order valence-corrected chi connectivity index (χ1v) is 7.39. The van der Waals surface area contributed by atoms with Crippen LogP contribution in [0.15, 0.2) is 11.8 Å². The summed E-state index contributed by atoms with van der Waals surface area (Å²) in [6.45, 7) is 4.83. The highest BCUT2D eigenvalue weighted by atomic mass is 16.1. The lowest BCUT2D eigenvalue weighted by Crippen LogP contribution is -2.40. The van der Waals surface area contributed by atoms with E-state index in [1.807, 2.05) is 18.0 Å². The molecule has 0 aromatic heterocycles. The number of nitrogens with zero attached hydrogens (tertiary/aromatic N) is 3. The summed E-state index contributed by atoms with van der Waals surface area (Å²) in [5, 5.41) is 11.9. The summed E-state index contributed by atoms with van der Waals surface area (Å²) in [4.78, 5) is 16.2. The van der Waals surface area contributed by atoms with Crippen molar-refractivity contribution in [3.63, 3.8) is 0 Å². The van der Waals surface area contributed by atoms with Gasteiger partial charge in [-0.2, -0.15) is 5.26 Å². The fourth-order valence-electron chi connectivity index (χ4n) is 2.32. The molecule has 0 radical (unpaired) electrons. The van der Waals surface area contributed by atoms with Gasteiger partial charge in [-0.05, 0) is 39.4 Å². The molecule has 0 unspecified atom stereocenters. The van der Waals surface area contributed by atoms with Gasteiger partial charge >= 0.3 is 0 Å². The number of likely N-dealkylation sites (tertiary alicyclic amines) is 1. The number of unbranched alkanes of at least 4 members (excludes halogenated alkanes) is 1. The number of amides is 1. The second-order valence-corrected chi connectivity index (χ2v) is 5.46. The normalized spacial score (nSPS) is 17.6. The standard InChI is InChI=1S/C15H26N4O/c1-4-5-8-17-15(20)13(11-16)12-19(3)14-6-9-18(2)10-7-14/h12,14H,4-10H2,1-3H3,(H,17,20)/b13-12-. The van der Waals surface area contributed by atoms with Gasteiger partial charge in [0.25, 0.3) is 5.91 Å². The zero-order valence-corrected chi connectivity index (χ0v) is 12.9. The van der Waals surface area contributed by atoms with Crippen LogP contribution in [0.2, 0.25) is 0 Å². The van der Waals surface area contributed by atoms with Crippen molar-refractivity contribution in [1.29, 1.82) is 5.26 Å². The summed E-state index contributed by atoms with van der Waals surface area (Å²) in [7, 11) is 4.07. The maximum Gasteiger partial charge on any atom is 0.263 e. The predicted octanol–water partition coefficient (Wildman–Crippen LogP) is 1.34. The van der Waals surface area contributed by atoms with E-state index in [-0.39, 0.29) is 11.5 Å². The molecular formula is C15H26N4O. The molecular weight excluding hydrogens is 252 g/mol. The first kappa shape index (κ1) is 16.5. The Morgan fingerprint density at radius 3 is 2.70 bits per heavy atom. The third kappa shape index (κ3) is 5.22. The highest BCUT2D eigenvalue weighted by Crippen LogP contribution is 2.15. The third-order valence-electron chi connectivity index (χ3n) is 3.78. The summed E-state index contributed by atoms with van der Waals surface area (Å²) in [5.41, 5.74) is 0.197. The maximum absolute atomic E-state index is 11.9. The van der Waals surface area contributed by atoms with Crippen LogP contribution in [-0.2, 0) is 4.79 Å². The number of hydrogen-bond donors (Lipinski definition) is 1. The van der Waals surface area contributed by atoms with E-state index in [1.54, 1.807) is 6.20 Å². The molecule has 1 amide bonds. The molecule has 1 heterocycles. The van der Waals surface area contributed by atoms with Crippen molar-refractivity contribution in [2.75, 3.05) is 33.7 Å². The molecule has 1 fully saturated rings. The van der Waals surface area contributed by atoms with Gasteiger partial charge in [-0.15, -0.1) is 0 Å². The van der Waals surface area contributed by atoms with E-state index >= 15 is 0 Å². The Kier molecular flexibility index (Phi) is 7.10. The van der Waals surface area contributed by atoms with Crippen LogP contribution >= 0.6 is 0 Å². The van der Waals surface area contributed by atoms with E-state index in [1.165, 1.54) is 0 Å².